The molecule has 0 fully saturated rings. The van der Waals surface area contributed by atoms with E-state index in [0.29, 0.717) is 5.13 Å². The molecule has 6 heteroatoms. The summed E-state index contributed by atoms with van der Waals surface area (Å²) in [6.07, 6.45) is 1.79. The van der Waals surface area contributed by atoms with Crippen LogP contribution in [-0.2, 0) is 5.41 Å². The van der Waals surface area contributed by atoms with Gasteiger partial charge in [-0.1, -0.05) is 23.5 Å². The lowest BCUT2D eigenvalue weighted by Gasteiger charge is -2.24. The SMILES string of the molecule is COc1ccc(C(C)(C)c2nccc(-c3sc(N)nc3C)n2)cc1. The number of thiazole rings is 1. The van der Waals surface area contributed by atoms with Gasteiger partial charge >= 0.3 is 0 Å². The fourth-order valence-electron chi connectivity index (χ4n) is 2.58. The van der Waals surface area contributed by atoms with Crippen LogP contribution in [0.15, 0.2) is 36.5 Å². The summed E-state index contributed by atoms with van der Waals surface area (Å²) >= 11 is 1.45. The average Bonchev–Trinajstić information content (AvgIpc) is 2.93. The van der Waals surface area contributed by atoms with E-state index in [9.17, 15) is 0 Å². The summed E-state index contributed by atoms with van der Waals surface area (Å²) in [5, 5.41) is 0.553. The molecule has 3 aromatic rings. The summed E-state index contributed by atoms with van der Waals surface area (Å²) in [6.45, 7) is 6.17. The summed E-state index contributed by atoms with van der Waals surface area (Å²) in [5.74, 6) is 1.59. The van der Waals surface area contributed by atoms with Crippen molar-refractivity contribution < 1.29 is 4.74 Å². The van der Waals surface area contributed by atoms with Gasteiger partial charge in [0.05, 0.1) is 23.4 Å². The van der Waals surface area contributed by atoms with Gasteiger partial charge in [0.25, 0.3) is 0 Å². The lowest BCUT2D eigenvalue weighted by molar-refractivity contribution is 0.414. The minimum Gasteiger partial charge on any atom is -0.497 e. The van der Waals surface area contributed by atoms with Gasteiger partial charge in [-0.3, -0.25) is 0 Å². The Bertz CT molecular complexity index is 856. The third kappa shape index (κ3) is 2.97. The highest BCUT2D eigenvalue weighted by molar-refractivity contribution is 7.18. The van der Waals surface area contributed by atoms with Crippen molar-refractivity contribution in [2.24, 2.45) is 0 Å². The summed E-state index contributed by atoms with van der Waals surface area (Å²) in [6, 6.07) is 9.90. The Balaban J connectivity index is 2.01. The number of benzene rings is 1. The molecule has 0 spiro atoms. The van der Waals surface area contributed by atoms with Crippen molar-refractivity contribution in [3.05, 3.63) is 53.6 Å². The largest absolute Gasteiger partial charge is 0.497 e. The van der Waals surface area contributed by atoms with Crippen molar-refractivity contribution in [3.8, 4) is 16.3 Å². The molecule has 0 aliphatic rings. The number of anilines is 1. The summed E-state index contributed by atoms with van der Waals surface area (Å²) in [5.41, 5.74) is 8.36. The third-order valence-corrected chi connectivity index (χ3v) is 5.08. The molecule has 0 aliphatic carbocycles. The fraction of sp³-hybridized carbons (Fsp3) is 0.278. The van der Waals surface area contributed by atoms with Crippen LogP contribution in [0.5, 0.6) is 5.75 Å². The lowest BCUT2D eigenvalue weighted by Crippen LogP contribution is -2.22. The van der Waals surface area contributed by atoms with Crippen molar-refractivity contribution in [3.63, 3.8) is 0 Å². The number of ether oxygens (including phenoxy) is 1. The number of methoxy groups -OCH3 is 1. The number of nitrogen functional groups attached to an aromatic ring is 1. The first-order valence-electron chi connectivity index (χ1n) is 7.63. The number of hydrogen-bond donors (Lipinski definition) is 1. The molecule has 0 saturated heterocycles. The average molecular weight is 340 g/mol. The van der Waals surface area contributed by atoms with Crippen molar-refractivity contribution in [1.29, 1.82) is 0 Å². The third-order valence-electron chi connectivity index (χ3n) is 4.07. The van der Waals surface area contributed by atoms with Gasteiger partial charge in [0, 0.05) is 11.6 Å². The molecule has 5 nitrogen and oxygen atoms in total. The first kappa shape index (κ1) is 16.4. The van der Waals surface area contributed by atoms with Crippen LogP contribution in [0.2, 0.25) is 0 Å². The predicted molar refractivity (Wildman–Crippen MR) is 97.4 cm³/mol. The van der Waals surface area contributed by atoms with Crippen LogP contribution in [0.4, 0.5) is 5.13 Å². The highest BCUT2D eigenvalue weighted by Crippen LogP contribution is 2.33. The Morgan fingerprint density at radius 2 is 1.79 bits per heavy atom. The standard InChI is InChI=1S/C18H20N4OS/c1-11-15(24-17(19)21-11)14-9-10-20-16(22-14)18(2,3)12-5-7-13(23-4)8-6-12/h5-10H,1-4H3,(H2,19,21). The van der Waals surface area contributed by atoms with Gasteiger partial charge in [0.15, 0.2) is 5.13 Å². The van der Waals surface area contributed by atoms with E-state index in [2.05, 4.69) is 23.8 Å². The van der Waals surface area contributed by atoms with Crippen LogP contribution in [-0.4, -0.2) is 22.1 Å². The number of rotatable bonds is 4. The van der Waals surface area contributed by atoms with Gasteiger partial charge in [-0.05, 0) is 44.5 Å². The van der Waals surface area contributed by atoms with Crippen molar-refractivity contribution in [1.82, 2.24) is 15.0 Å². The van der Waals surface area contributed by atoms with E-state index in [1.165, 1.54) is 11.3 Å². The van der Waals surface area contributed by atoms with Crippen LogP contribution in [0, 0.1) is 6.92 Å². The zero-order chi connectivity index (χ0) is 17.3. The normalized spacial score (nSPS) is 11.5. The summed E-state index contributed by atoms with van der Waals surface area (Å²) < 4.78 is 5.23. The zero-order valence-electron chi connectivity index (χ0n) is 14.2. The van der Waals surface area contributed by atoms with E-state index in [0.717, 1.165) is 33.4 Å². The van der Waals surface area contributed by atoms with Crippen LogP contribution < -0.4 is 10.5 Å². The molecule has 2 aromatic heterocycles. The Morgan fingerprint density at radius 3 is 2.38 bits per heavy atom. The van der Waals surface area contributed by atoms with Crippen molar-refractivity contribution in [2.75, 3.05) is 12.8 Å². The molecule has 24 heavy (non-hydrogen) atoms. The molecule has 124 valence electrons. The topological polar surface area (TPSA) is 73.9 Å². The van der Waals surface area contributed by atoms with E-state index in [-0.39, 0.29) is 5.41 Å². The number of hydrogen-bond acceptors (Lipinski definition) is 6. The first-order valence-corrected chi connectivity index (χ1v) is 8.45. The maximum atomic E-state index is 5.81. The van der Waals surface area contributed by atoms with Gasteiger partial charge in [-0.15, -0.1) is 0 Å². The molecule has 0 atom stereocenters. The highest BCUT2D eigenvalue weighted by Gasteiger charge is 2.27. The van der Waals surface area contributed by atoms with Gasteiger partial charge in [0.2, 0.25) is 0 Å². The second-order valence-electron chi connectivity index (χ2n) is 6.09. The molecular formula is C18H20N4OS. The molecular weight excluding hydrogens is 320 g/mol. The molecule has 0 bridgehead atoms. The van der Waals surface area contributed by atoms with E-state index in [4.69, 9.17) is 15.5 Å². The molecule has 0 aliphatic heterocycles. The van der Waals surface area contributed by atoms with Crippen LogP contribution in [0.25, 0.3) is 10.6 Å². The van der Waals surface area contributed by atoms with Crippen molar-refractivity contribution >= 4 is 16.5 Å². The van der Waals surface area contributed by atoms with Gasteiger partial charge < -0.3 is 10.5 Å². The monoisotopic (exact) mass is 340 g/mol. The lowest BCUT2D eigenvalue weighted by atomic mass is 9.83. The maximum Gasteiger partial charge on any atom is 0.180 e. The molecule has 0 unspecified atom stereocenters. The van der Waals surface area contributed by atoms with E-state index in [1.807, 2.05) is 37.3 Å². The minimum atomic E-state index is -0.327. The predicted octanol–water partition coefficient (Wildman–Crippen LogP) is 3.83. The Labute approximate surface area is 145 Å². The number of nitrogens with two attached hydrogens (primary N) is 1. The highest BCUT2D eigenvalue weighted by atomic mass is 32.1. The maximum absolute atomic E-state index is 5.81. The van der Waals surface area contributed by atoms with E-state index in [1.54, 1.807) is 13.3 Å². The van der Waals surface area contributed by atoms with Gasteiger partial charge in [0.1, 0.15) is 11.6 Å². The van der Waals surface area contributed by atoms with Crippen LogP contribution in [0.3, 0.4) is 0 Å². The van der Waals surface area contributed by atoms with Crippen molar-refractivity contribution in [2.45, 2.75) is 26.2 Å². The molecule has 2 heterocycles. The Morgan fingerprint density at radius 1 is 1.08 bits per heavy atom. The fourth-order valence-corrected chi connectivity index (χ4v) is 3.38. The molecule has 0 amide bonds. The molecule has 3 rings (SSSR count). The first-order chi connectivity index (χ1) is 11.4. The van der Waals surface area contributed by atoms with Crippen LogP contribution in [0.1, 0.15) is 30.9 Å². The molecule has 2 N–H and O–H groups in total. The molecule has 0 saturated carbocycles. The zero-order valence-corrected chi connectivity index (χ0v) is 15.0. The Kier molecular flexibility index (Phi) is 4.24. The van der Waals surface area contributed by atoms with Gasteiger partial charge in [-0.2, -0.15) is 0 Å². The summed E-state index contributed by atoms with van der Waals surface area (Å²) in [7, 11) is 1.66. The van der Waals surface area contributed by atoms with Crippen LogP contribution >= 0.6 is 11.3 Å². The van der Waals surface area contributed by atoms with E-state index >= 15 is 0 Å². The summed E-state index contributed by atoms with van der Waals surface area (Å²) in [4.78, 5) is 14.5. The van der Waals surface area contributed by atoms with E-state index < -0.39 is 0 Å². The number of aromatic nitrogens is 3. The molecule has 1 aromatic carbocycles. The van der Waals surface area contributed by atoms with Gasteiger partial charge in [-0.25, -0.2) is 15.0 Å². The second kappa shape index (κ2) is 6.20. The number of aryl methyl sites for hydroxylation is 1. The molecule has 0 radical (unpaired) electrons. The minimum absolute atomic E-state index is 0.327. The number of nitrogens with zero attached hydrogens (tertiary/aromatic N) is 3. The Hall–Kier alpha value is -2.47. The second-order valence-corrected chi connectivity index (χ2v) is 7.12. The smallest absolute Gasteiger partial charge is 0.180 e. The quantitative estimate of drug-likeness (QED) is 0.781.